The number of furan rings is 1. The van der Waals surface area contributed by atoms with Gasteiger partial charge < -0.3 is 9.32 Å². The van der Waals surface area contributed by atoms with E-state index in [0.29, 0.717) is 0 Å². The first kappa shape index (κ1) is 29.5. The average molecular weight is 640 g/mol. The number of anilines is 3. The summed E-state index contributed by atoms with van der Waals surface area (Å²) in [6.07, 6.45) is 0. The summed E-state index contributed by atoms with van der Waals surface area (Å²) in [7, 11) is 0. The molecule has 0 spiro atoms. The molecule has 0 fully saturated rings. The van der Waals surface area contributed by atoms with Crippen LogP contribution in [0.1, 0.15) is 0 Å². The predicted octanol–water partition coefficient (Wildman–Crippen LogP) is 13.7. The van der Waals surface area contributed by atoms with Crippen LogP contribution >= 0.6 is 0 Å². The second-order valence-corrected chi connectivity index (χ2v) is 12.5. The number of para-hydroxylation sites is 2. The lowest BCUT2D eigenvalue weighted by atomic mass is 9.97. The van der Waals surface area contributed by atoms with Crippen molar-refractivity contribution >= 4 is 38.8 Å². The Morgan fingerprint density at radius 3 is 1.78 bits per heavy atom. The predicted molar refractivity (Wildman–Crippen MR) is 210 cm³/mol. The molecular formula is C48H33NO. The molecule has 1 heterocycles. The van der Waals surface area contributed by atoms with Gasteiger partial charge in [-0.1, -0.05) is 164 Å². The molecule has 0 aliphatic carbocycles. The van der Waals surface area contributed by atoms with Crippen molar-refractivity contribution < 1.29 is 4.42 Å². The zero-order valence-electron chi connectivity index (χ0n) is 27.4. The first-order valence-corrected chi connectivity index (χ1v) is 17.0. The third kappa shape index (κ3) is 5.43. The van der Waals surface area contributed by atoms with Gasteiger partial charge in [0, 0.05) is 33.5 Å². The number of nitrogens with zero attached hydrogens (tertiary/aromatic N) is 1. The Morgan fingerprint density at radius 2 is 0.960 bits per heavy atom. The topological polar surface area (TPSA) is 16.4 Å². The summed E-state index contributed by atoms with van der Waals surface area (Å²) in [4.78, 5) is 2.38. The highest BCUT2D eigenvalue weighted by atomic mass is 16.3. The van der Waals surface area contributed by atoms with Crippen molar-refractivity contribution in [3.63, 3.8) is 0 Å². The maximum atomic E-state index is 6.67. The Labute approximate surface area is 292 Å². The fourth-order valence-electron chi connectivity index (χ4n) is 7.06. The molecule has 0 aliphatic rings. The zero-order chi connectivity index (χ0) is 33.3. The van der Waals surface area contributed by atoms with Crippen LogP contribution in [0.4, 0.5) is 17.1 Å². The van der Waals surface area contributed by atoms with Crippen LogP contribution in [0.25, 0.3) is 66.4 Å². The van der Waals surface area contributed by atoms with Crippen molar-refractivity contribution in [3.8, 4) is 44.7 Å². The molecule has 50 heavy (non-hydrogen) atoms. The highest BCUT2D eigenvalue weighted by Gasteiger charge is 2.21. The van der Waals surface area contributed by atoms with Crippen molar-refractivity contribution in [3.05, 3.63) is 200 Å². The minimum atomic E-state index is 0.863. The van der Waals surface area contributed by atoms with E-state index in [1.165, 1.54) is 21.9 Å². The van der Waals surface area contributed by atoms with Crippen molar-refractivity contribution in [1.82, 2.24) is 0 Å². The summed E-state index contributed by atoms with van der Waals surface area (Å²) in [6.45, 7) is 0. The van der Waals surface area contributed by atoms with Crippen LogP contribution in [-0.4, -0.2) is 0 Å². The van der Waals surface area contributed by atoms with Gasteiger partial charge in [-0.15, -0.1) is 0 Å². The minimum absolute atomic E-state index is 0.863. The van der Waals surface area contributed by atoms with E-state index in [1.54, 1.807) is 0 Å². The van der Waals surface area contributed by atoms with Crippen LogP contribution in [0.2, 0.25) is 0 Å². The van der Waals surface area contributed by atoms with Gasteiger partial charge in [-0.3, -0.25) is 0 Å². The lowest BCUT2D eigenvalue weighted by Crippen LogP contribution is -2.11. The van der Waals surface area contributed by atoms with E-state index in [1.807, 2.05) is 6.07 Å². The van der Waals surface area contributed by atoms with E-state index in [4.69, 9.17) is 4.42 Å². The van der Waals surface area contributed by atoms with Gasteiger partial charge in [-0.05, 0) is 69.4 Å². The van der Waals surface area contributed by atoms with E-state index >= 15 is 0 Å². The maximum absolute atomic E-state index is 6.67. The van der Waals surface area contributed by atoms with Gasteiger partial charge in [0.15, 0.2) is 0 Å². The molecular weight excluding hydrogens is 607 g/mol. The lowest BCUT2D eigenvalue weighted by molar-refractivity contribution is 0.632. The molecule has 2 nitrogen and oxygen atoms in total. The first-order chi connectivity index (χ1) is 24.8. The Bertz CT molecular complexity index is 2580. The summed E-state index contributed by atoms with van der Waals surface area (Å²) in [5.41, 5.74) is 12.1. The van der Waals surface area contributed by atoms with E-state index in [-0.39, 0.29) is 0 Å². The molecule has 8 aromatic carbocycles. The number of fused-ring (bicyclic) bond motifs is 2. The quantitative estimate of drug-likeness (QED) is 0.173. The molecule has 0 saturated carbocycles. The monoisotopic (exact) mass is 639 g/mol. The smallest absolute Gasteiger partial charge is 0.143 e. The molecule has 0 atom stereocenters. The number of rotatable bonds is 7. The Balaban J connectivity index is 1.22. The van der Waals surface area contributed by atoms with E-state index in [2.05, 4.69) is 199 Å². The van der Waals surface area contributed by atoms with Crippen LogP contribution < -0.4 is 4.90 Å². The maximum Gasteiger partial charge on any atom is 0.143 e. The van der Waals surface area contributed by atoms with Crippen LogP contribution in [0.15, 0.2) is 205 Å². The number of benzene rings is 8. The highest BCUT2D eigenvalue weighted by molar-refractivity contribution is 6.02. The Kier molecular flexibility index (Phi) is 7.53. The van der Waals surface area contributed by atoms with Crippen molar-refractivity contribution in [2.24, 2.45) is 0 Å². The molecule has 0 N–H and O–H groups in total. The first-order valence-electron chi connectivity index (χ1n) is 17.0. The molecule has 0 radical (unpaired) electrons. The van der Waals surface area contributed by atoms with Crippen LogP contribution in [0, 0.1) is 0 Å². The van der Waals surface area contributed by atoms with E-state index in [0.717, 1.165) is 61.6 Å². The van der Waals surface area contributed by atoms with Gasteiger partial charge in [0.25, 0.3) is 0 Å². The van der Waals surface area contributed by atoms with Crippen LogP contribution in [0.5, 0.6) is 0 Å². The molecule has 0 amide bonds. The average Bonchev–Trinajstić information content (AvgIpc) is 3.59. The third-order valence-electron chi connectivity index (χ3n) is 9.46. The SMILES string of the molecule is c1ccc(-c2ccc(-c3ccccc3N(c3cccc(-c4oc5ccccc5c4-c4ccccc4)c3)c3ccc4ccccc4c3)cc2)cc1. The normalized spacial score (nSPS) is 11.2. The molecule has 0 unspecified atom stereocenters. The largest absolute Gasteiger partial charge is 0.455 e. The second-order valence-electron chi connectivity index (χ2n) is 12.5. The summed E-state index contributed by atoms with van der Waals surface area (Å²) in [6, 6.07) is 71.0. The highest BCUT2D eigenvalue weighted by Crippen LogP contribution is 2.45. The molecule has 0 bridgehead atoms. The summed E-state index contributed by atoms with van der Waals surface area (Å²) in [5, 5.41) is 3.51. The van der Waals surface area contributed by atoms with E-state index < -0.39 is 0 Å². The summed E-state index contributed by atoms with van der Waals surface area (Å²) in [5.74, 6) is 0.863. The van der Waals surface area contributed by atoms with Gasteiger partial charge in [0.2, 0.25) is 0 Å². The van der Waals surface area contributed by atoms with Crippen molar-refractivity contribution in [2.75, 3.05) is 4.90 Å². The third-order valence-corrected chi connectivity index (χ3v) is 9.46. The van der Waals surface area contributed by atoms with Crippen molar-refractivity contribution in [2.45, 2.75) is 0 Å². The van der Waals surface area contributed by atoms with E-state index in [9.17, 15) is 0 Å². The number of hydrogen-bond donors (Lipinski definition) is 0. The lowest BCUT2D eigenvalue weighted by Gasteiger charge is -2.28. The molecule has 2 heteroatoms. The summed E-state index contributed by atoms with van der Waals surface area (Å²) < 4.78 is 6.67. The Hall–Kier alpha value is -6.64. The van der Waals surface area contributed by atoms with Gasteiger partial charge in [0.1, 0.15) is 11.3 Å². The van der Waals surface area contributed by atoms with Crippen molar-refractivity contribution in [1.29, 1.82) is 0 Å². The van der Waals surface area contributed by atoms with Gasteiger partial charge in [0.05, 0.1) is 5.69 Å². The molecule has 0 aliphatic heterocycles. The molecule has 0 saturated heterocycles. The fourth-order valence-corrected chi connectivity index (χ4v) is 7.06. The van der Waals surface area contributed by atoms with Crippen LogP contribution in [0.3, 0.4) is 0 Å². The minimum Gasteiger partial charge on any atom is -0.455 e. The number of hydrogen-bond acceptors (Lipinski definition) is 2. The molecule has 1 aromatic heterocycles. The van der Waals surface area contributed by atoms with Crippen LogP contribution in [-0.2, 0) is 0 Å². The fraction of sp³-hybridized carbons (Fsp3) is 0. The Morgan fingerprint density at radius 1 is 0.360 bits per heavy atom. The zero-order valence-corrected chi connectivity index (χ0v) is 27.4. The summed E-state index contributed by atoms with van der Waals surface area (Å²) >= 11 is 0. The van der Waals surface area contributed by atoms with Gasteiger partial charge >= 0.3 is 0 Å². The second kappa shape index (κ2) is 12.8. The molecule has 9 rings (SSSR count). The molecule has 9 aromatic rings. The van der Waals surface area contributed by atoms with Gasteiger partial charge in [-0.2, -0.15) is 0 Å². The van der Waals surface area contributed by atoms with Gasteiger partial charge in [-0.25, -0.2) is 0 Å². The standard InChI is InChI=1S/C48H33NO/c1-3-14-34(15-4-1)36-26-28-37(29-27-36)43-22-9-11-24-45(43)49(42-31-30-35-16-7-8-19-39(35)32-42)41-21-13-20-40(33-41)48-47(38-17-5-2-6-18-38)44-23-10-12-25-46(44)50-48/h1-33H. The molecule has 236 valence electrons.